The van der Waals surface area contributed by atoms with Gasteiger partial charge in [0.15, 0.2) is 0 Å². The minimum atomic E-state index is -0.243. The summed E-state index contributed by atoms with van der Waals surface area (Å²) >= 11 is 0. The molecular weight excluding hydrogens is 200 g/mol. The molecule has 0 saturated heterocycles. The van der Waals surface area contributed by atoms with Crippen LogP contribution in [0.3, 0.4) is 0 Å². The van der Waals surface area contributed by atoms with Crippen LogP contribution in [0.25, 0.3) is 6.08 Å². The highest BCUT2D eigenvalue weighted by Gasteiger charge is 2.20. The third-order valence-corrected chi connectivity index (χ3v) is 2.82. The molecule has 0 amide bonds. The molecule has 16 heavy (non-hydrogen) atoms. The first-order valence-corrected chi connectivity index (χ1v) is 5.84. The number of benzene rings is 1. The first-order chi connectivity index (χ1) is 7.85. The average Bonchev–Trinajstić information content (AvgIpc) is 2.35. The largest absolute Gasteiger partial charge is 0.465 e. The maximum absolute atomic E-state index is 5.80. The van der Waals surface area contributed by atoms with Crippen LogP contribution >= 0.6 is 0 Å². The number of allylic oxidation sites excluding steroid dienone is 1. The quantitative estimate of drug-likeness (QED) is 0.763. The zero-order chi connectivity index (χ0) is 11.4. The summed E-state index contributed by atoms with van der Waals surface area (Å²) in [4.78, 5) is 0. The van der Waals surface area contributed by atoms with Crippen LogP contribution in [0.1, 0.15) is 43.6 Å². The summed E-state index contributed by atoms with van der Waals surface area (Å²) in [6.07, 6.45) is 5.21. The van der Waals surface area contributed by atoms with Crippen LogP contribution < -0.4 is 0 Å². The maximum atomic E-state index is 5.80. The van der Waals surface area contributed by atoms with Crippen LogP contribution in [-0.2, 0) is 9.47 Å². The van der Waals surface area contributed by atoms with Crippen molar-refractivity contribution in [3.8, 4) is 0 Å². The lowest BCUT2D eigenvalue weighted by Crippen LogP contribution is -2.12. The maximum Gasteiger partial charge on any atom is 0.226 e. The molecule has 0 saturated carbocycles. The minimum Gasteiger partial charge on any atom is -0.465 e. The SMILES string of the molecule is CCCCC1=Cc2ccccc2C(OC)O1. The molecule has 86 valence electrons. The van der Waals surface area contributed by atoms with E-state index >= 15 is 0 Å². The Morgan fingerprint density at radius 2 is 2.12 bits per heavy atom. The molecule has 0 aliphatic carbocycles. The van der Waals surface area contributed by atoms with Gasteiger partial charge >= 0.3 is 0 Å². The topological polar surface area (TPSA) is 18.5 Å². The molecule has 0 bridgehead atoms. The minimum absolute atomic E-state index is 0.243. The molecule has 1 atom stereocenters. The fourth-order valence-corrected chi connectivity index (χ4v) is 1.92. The second-order valence-corrected chi connectivity index (χ2v) is 4.03. The van der Waals surface area contributed by atoms with Gasteiger partial charge in [-0.2, -0.15) is 0 Å². The van der Waals surface area contributed by atoms with Gasteiger partial charge in [0.05, 0.1) is 0 Å². The summed E-state index contributed by atoms with van der Waals surface area (Å²) < 4.78 is 11.2. The van der Waals surface area contributed by atoms with Gasteiger partial charge in [-0.15, -0.1) is 0 Å². The van der Waals surface area contributed by atoms with Gasteiger partial charge < -0.3 is 9.47 Å². The number of hydrogen-bond donors (Lipinski definition) is 0. The first-order valence-electron chi connectivity index (χ1n) is 5.84. The number of rotatable bonds is 4. The molecular formula is C14H18O2. The molecule has 0 spiro atoms. The number of hydrogen-bond acceptors (Lipinski definition) is 2. The monoisotopic (exact) mass is 218 g/mol. The van der Waals surface area contributed by atoms with Gasteiger partial charge in [-0.05, 0) is 18.1 Å². The average molecular weight is 218 g/mol. The molecule has 1 aliphatic heterocycles. The second kappa shape index (κ2) is 5.17. The molecule has 1 aromatic rings. The van der Waals surface area contributed by atoms with E-state index in [-0.39, 0.29) is 6.29 Å². The smallest absolute Gasteiger partial charge is 0.226 e. The summed E-state index contributed by atoms with van der Waals surface area (Å²) in [5.41, 5.74) is 2.33. The van der Waals surface area contributed by atoms with Crippen molar-refractivity contribution in [3.05, 3.63) is 41.2 Å². The van der Waals surface area contributed by atoms with Crippen LogP contribution in [0.2, 0.25) is 0 Å². The van der Waals surface area contributed by atoms with Crippen molar-refractivity contribution in [2.45, 2.75) is 32.5 Å². The van der Waals surface area contributed by atoms with Gasteiger partial charge in [0, 0.05) is 19.1 Å². The van der Waals surface area contributed by atoms with Crippen LogP contribution in [0.4, 0.5) is 0 Å². The molecule has 1 heterocycles. The van der Waals surface area contributed by atoms with E-state index in [2.05, 4.69) is 25.1 Å². The van der Waals surface area contributed by atoms with Crippen molar-refractivity contribution < 1.29 is 9.47 Å². The molecule has 1 aromatic carbocycles. The zero-order valence-electron chi connectivity index (χ0n) is 9.90. The molecule has 0 radical (unpaired) electrons. The molecule has 1 unspecified atom stereocenters. The highest BCUT2D eigenvalue weighted by atomic mass is 16.7. The molecule has 1 aliphatic rings. The lowest BCUT2D eigenvalue weighted by atomic mass is 10.0. The van der Waals surface area contributed by atoms with Crippen molar-refractivity contribution in [2.75, 3.05) is 7.11 Å². The third kappa shape index (κ3) is 2.27. The molecule has 2 heteroatoms. The summed E-state index contributed by atoms with van der Waals surface area (Å²) in [7, 11) is 1.68. The van der Waals surface area contributed by atoms with E-state index in [1.54, 1.807) is 7.11 Å². The van der Waals surface area contributed by atoms with Crippen LogP contribution in [0.5, 0.6) is 0 Å². The Hall–Kier alpha value is -1.28. The van der Waals surface area contributed by atoms with Gasteiger partial charge in [0.1, 0.15) is 5.76 Å². The molecule has 2 rings (SSSR count). The van der Waals surface area contributed by atoms with Gasteiger partial charge in [0.25, 0.3) is 0 Å². The summed E-state index contributed by atoms with van der Waals surface area (Å²) in [5, 5.41) is 0. The second-order valence-electron chi connectivity index (χ2n) is 4.03. The van der Waals surface area contributed by atoms with Gasteiger partial charge in [-0.25, -0.2) is 0 Å². The van der Waals surface area contributed by atoms with E-state index in [9.17, 15) is 0 Å². The first kappa shape index (κ1) is 11.2. The van der Waals surface area contributed by atoms with Gasteiger partial charge in [-0.3, -0.25) is 0 Å². The van der Waals surface area contributed by atoms with Crippen LogP contribution in [-0.4, -0.2) is 7.11 Å². The fourth-order valence-electron chi connectivity index (χ4n) is 1.92. The fraction of sp³-hybridized carbons (Fsp3) is 0.429. The van der Waals surface area contributed by atoms with E-state index < -0.39 is 0 Å². The highest BCUT2D eigenvalue weighted by Crippen LogP contribution is 2.33. The Balaban J connectivity index is 2.24. The Bertz CT molecular complexity index is 382. The van der Waals surface area contributed by atoms with Crippen molar-refractivity contribution in [1.82, 2.24) is 0 Å². The van der Waals surface area contributed by atoms with E-state index in [1.807, 2.05) is 12.1 Å². The Morgan fingerprint density at radius 1 is 1.31 bits per heavy atom. The molecule has 0 N–H and O–H groups in total. The lowest BCUT2D eigenvalue weighted by molar-refractivity contribution is -0.101. The predicted octanol–water partition coefficient (Wildman–Crippen LogP) is 3.89. The number of methoxy groups -OCH3 is 1. The Kier molecular flexibility index (Phi) is 3.62. The summed E-state index contributed by atoms with van der Waals surface area (Å²) in [5.74, 6) is 1.03. The van der Waals surface area contributed by atoms with Crippen LogP contribution in [0, 0.1) is 0 Å². The number of ether oxygens (including phenoxy) is 2. The van der Waals surface area contributed by atoms with Crippen molar-refractivity contribution in [3.63, 3.8) is 0 Å². The van der Waals surface area contributed by atoms with Gasteiger partial charge in [-0.1, -0.05) is 37.6 Å². The Labute approximate surface area is 96.9 Å². The Morgan fingerprint density at radius 3 is 2.88 bits per heavy atom. The van der Waals surface area contributed by atoms with E-state index in [0.29, 0.717) is 0 Å². The number of fused-ring (bicyclic) bond motifs is 1. The summed E-state index contributed by atoms with van der Waals surface area (Å²) in [6, 6.07) is 8.22. The van der Waals surface area contributed by atoms with E-state index in [4.69, 9.17) is 9.47 Å². The lowest BCUT2D eigenvalue weighted by Gasteiger charge is -2.25. The van der Waals surface area contributed by atoms with Crippen molar-refractivity contribution >= 4 is 6.08 Å². The van der Waals surface area contributed by atoms with Crippen molar-refractivity contribution in [2.24, 2.45) is 0 Å². The zero-order valence-corrected chi connectivity index (χ0v) is 9.90. The predicted molar refractivity (Wildman–Crippen MR) is 64.8 cm³/mol. The summed E-state index contributed by atoms with van der Waals surface area (Å²) in [6.45, 7) is 2.19. The molecule has 0 aromatic heterocycles. The van der Waals surface area contributed by atoms with Crippen molar-refractivity contribution in [1.29, 1.82) is 0 Å². The standard InChI is InChI=1S/C14H18O2/c1-3-4-8-12-10-11-7-5-6-9-13(11)14(15-2)16-12/h5-7,9-10,14H,3-4,8H2,1-2H3. The van der Waals surface area contributed by atoms with Gasteiger partial charge in [0.2, 0.25) is 6.29 Å². The van der Waals surface area contributed by atoms with E-state index in [0.717, 1.165) is 24.2 Å². The normalized spacial score (nSPS) is 18.6. The molecule has 2 nitrogen and oxygen atoms in total. The molecule has 0 fully saturated rings. The van der Waals surface area contributed by atoms with E-state index in [1.165, 1.54) is 12.0 Å². The van der Waals surface area contributed by atoms with Crippen LogP contribution in [0.15, 0.2) is 30.0 Å². The highest BCUT2D eigenvalue weighted by molar-refractivity contribution is 5.57. The third-order valence-electron chi connectivity index (χ3n) is 2.82. The number of unbranched alkanes of at least 4 members (excludes halogenated alkanes) is 1.